The summed E-state index contributed by atoms with van der Waals surface area (Å²) in [5, 5.41) is 2.52. The minimum atomic E-state index is -0.783. The monoisotopic (exact) mass is 355 g/mol. The van der Waals surface area contributed by atoms with Crippen molar-refractivity contribution in [1.82, 2.24) is 5.32 Å². The average Bonchev–Trinajstić information content (AvgIpc) is 2.98. The van der Waals surface area contributed by atoms with Gasteiger partial charge in [-0.25, -0.2) is 9.18 Å². The highest BCUT2D eigenvalue weighted by Crippen LogP contribution is 2.18. The van der Waals surface area contributed by atoms with Gasteiger partial charge in [0.15, 0.2) is 6.61 Å². The zero-order chi connectivity index (χ0) is 15.2. The maximum atomic E-state index is 13.1. The largest absolute Gasteiger partial charge is 0.467 e. The molecule has 0 fully saturated rings. The highest BCUT2D eigenvalue weighted by atomic mass is 79.9. The van der Waals surface area contributed by atoms with Gasteiger partial charge in [0, 0.05) is 4.47 Å². The van der Waals surface area contributed by atoms with E-state index in [9.17, 15) is 14.0 Å². The second-order valence-electron chi connectivity index (χ2n) is 4.06. The predicted octanol–water partition coefficient (Wildman–Crippen LogP) is 2.65. The molecule has 0 bridgehead atoms. The summed E-state index contributed by atoms with van der Waals surface area (Å²) in [6.45, 7) is -0.254. The standard InChI is InChI=1S/C14H11BrFNO4/c15-12-4-3-9(16)6-11(12)14(19)21-8-13(18)17-7-10-2-1-5-20-10/h1-6H,7-8H2,(H,17,18). The van der Waals surface area contributed by atoms with Gasteiger partial charge in [-0.3, -0.25) is 4.79 Å². The molecule has 0 atom stereocenters. The number of hydrogen-bond donors (Lipinski definition) is 1. The topological polar surface area (TPSA) is 68.5 Å². The average molecular weight is 356 g/mol. The maximum Gasteiger partial charge on any atom is 0.339 e. The van der Waals surface area contributed by atoms with Crippen molar-refractivity contribution in [1.29, 1.82) is 0 Å². The van der Waals surface area contributed by atoms with Crippen LogP contribution in [0.15, 0.2) is 45.5 Å². The first kappa shape index (κ1) is 15.2. The fourth-order valence-corrected chi connectivity index (χ4v) is 1.92. The Morgan fingerprint density at radius 2 is 2.14 bits per heavy atom. The lowest BCUT2D eigenvalue weighted by Crippen LogP contribution is -2.28. The molecule has 0 radical (unpaired) electrons. The van der Waals surface area contributed by atoms with Crippen LogP contribution in [0.2, 0.25) is 0 Å². The molecule has 0 aliphatic rings. The molecule has 1 N–H and O–H groups in total. The molecule has 0 aliphatic heterocycles. The van der Waals surface area contributed by atoms with Crippen LogP contribution in [0.25, 0.3) is 0 Å². The lowest BCUT2D eigenvalue weighted by atomic mass is 10.2. The van der Waals surface area contributed by atoms with Gasteiger partial charge in [-0.1, -0.05) is 0 Å². The summed E-state index contributed by atoms with van der Waals surface area (Å²) in [6, 6.07) is 7.03. The van der Waals surface area contributed by atoms with Crippen molar-refractivity contribution in [3.63, 3.8) is 0 Å². The Kier molecular flexibility index (Phi) is 5.10. The van der Waals surface area contributed by atoms with Gasteiger partial charge in [-0.15, -0.1) is 0 Å². The number of rotatable bonds is 5. The van der Waals surface area contributed by atoms with Crippen molar-refractivity contribution >= 4 is 27.8 Å². The van der Waals surface area contributed by atoms with E-state index >= 15 is 0 Å². The van der Waals surface area contributed by atoms with Gasteiger partial charge >= 0.3 is 5.97 Å². The van der Waals surface area contributed by atoms with Crippen LogP contribution in [0.1, 0.15) is 16.1 Å². The smallest absolute Gasteiger partial charge is 0.339 e. The Labute approximate surface area is 128 Å². The maximum absolute atomic E-state index is 13.1. The Hall–Kier alpha value is -2.15. The quantitative estimate of drug-likeness (QED) is 0.837. The van der Waals surface area contributed by atoms with E-state index in [-0.39, 0.29) is 12.1 Å². The molecule has 2 rings (SSSR count). The van der Waals surface area contributed by atoms with Crippen molar-refractivity contribution in [2.75, 3.05) is 6.61 Å². The SMILES string of the molecule is O=C(COC(=O)c1cc(F)ccc1Br)NCc1ccco1. The molecule has 0 spiro atoms. The fourth-order valence-electron chi connectivity index (χ4n) is 1.51. The molecule has 1 aromatic heterocycles. The van der Waals surface area contributed by atoms with Gasteiger partial charge in [0.1, 0.15) is 11.6 Å². The van der Waals surface area contributed by atoms with Crippen molar-refractivity contribution in [2.45, 2.75) is 6.54 Å². The molecular weight excluding hydrogens is 345 g/mol. The second-order valence-corrected chi connectivity index (χ2v) is 4.91. The molecule has 1 aromatic carbocycles. The first-order chi connectivity index (χ1) is 10.1. The summed E-state index contributed by atoms with van der Waals surface area (Å²) >= 11 is 3.11. The Balaban J connectivity index is 1.83. The predicted molar refractivity (Wildman–Crippen MR) is 74.9 cm³/mol. The Morgan fingerprint density at radius 3 is 2.86 bits per heavy atom. The van der Waals surface area contributed by atoms with Crippen LogP contribution < -0.4 is 5.32 Å². The van der Waals surface area contributed by atoms with Gasteiger partial charge in [-0.05, 0) is 46.3 Å². The van der Waals surface area contributed by atoms with E-state index in [2.05, 4.69) is 21.2 Å². The normalized spacial score (nSPS) is 10.2. The van der Waals surface area contributed by atoms with Crippen LogP contribution in [0.4, 0.5) is 4.39 Å². The van der Waals surface area contributed by atoms with Crippen LogP contribution in [-0.4, -0.2) is 18.5 Å². The molecule has 1 heterocycles. The first-order valence-corrected chi connectivity index (χ1v) is 6.77. The van der Waals surface area contributed by atoms with E-state index in [1.807, 2.05) is 0 Å². The zero-order valence-electron chi connectivity index (χ0n) is 10.8. The summed E-state index contributed by atoms with van der Waals surface area (Å²) in [7, 11) is 0. The number of esters is 1. The van der Waals surface area contributed by atoms with Gasteiger partial charge in [0.2, 0.25) is 0 Å². The van der Waals surface area contributed by atoms with Crippen LogP contribution in [0, 0.1) is 5.82 Å². The summed E-state index contributed by atoms with van der Waals surface area (Å²) in [5.41, 5.74) is 0.0221. The lowest BCUT2D eigenvalue weighted by molar-refractivity contribution is -0.124. The summed E-state index contributed by atoms with van der Waals surface area (Å²) in [4.78, 5) is 23.2. The number of furan rings is 1. The van der Waals surface area contributed by atoms with E-state index in [0.29, 0.717) is 10.2 Å². The summed E-state index contributed by atoms with van der Waals surface area (Å²) in [6.07, 6.45) is 1.49. The third-order valence-electron chi connectivity index (χ3n) is 2.52. The number of halogens is 2. The Bertz CT molecular complexity index is 642. The van der Waals surface area contributed by atoms with Crippen LogP contribution in [-0.2, 0) is 16.1 Å². The van der Waals surface area contributed by atoms with Crippen LogP contribution in [0.5, 0.6) is 0 Å². The number of carbonyl (C=O) groups is 2. The van der Waals surface area contributed by atoms with E-state index in [1.54, 1.807) is 12.1 Å². The van der Waals surface area contributed by atoms with Gasteiger partial charge in [-0.2, -0.15) is 0 Å². The van der Waals surface area contributed by atoms with Crippen molar-refractivity contribution < 1.29 is 23.1 Å². The summed E-state index contributed by atoms with van der Waals surface area (Å²) in [5.74, 6) is -1.24. The minimum Gasteiger partial charge on any atom is -0.467 e. The van der Waals surface area contributed by atoms with Crippen molar-refractivity contribution in [2.24, 2.45) is 0 Å². The molecule has 2 aromatic rings. The van der Waals surface area contributed by atoms with E-state index < -0.39 is 24.3 Å². The van der Waals surface area contributed by atoms with Crippen molar-refractivity contribution in [3.8, 4) is 0 Å². The molecule has 1 amide bonds. The minimum absolute atomic E-state index is 0.0221. The molecule has 0 unspecified atom stereocenters. The van der Waals surface area contributed by atoms with E-state index in [0.717, 1.165) is 6.07 Å². The third kappa shape index (κ3) is 4.42. The van der Waals surface area contributed by atoms with E-state index in [1.165, 1.54) is 18.4 Å². The second kappa shape index (κ2) is 7.03. The highest BCUT2D eigenvalue weighted by molar-refractivity contribution is 9.10. The number of benzene rings is 1. The third-order valence-corrected chi connectivity index (χ3v) is 3.21. The summed E-state index contributed by atoms with van der Waals surface area (Å²) < 4.78 is 23.3. The number of nitrogens with one attached hydrogen (secondary N) is 1. The van der Waals surface area contributed by atoms with Gasteiger partial charge in [0.25, 0.3) is 5.91 Å². The fraction of sp³-hybridized carbons (Fsp3) is 0.143. The molecule has 110 valence electrons. The molecule has 7 heteroatoms. The first-order valence-electron chi connectivity index (χ1n) is 5.97. The molecule has 0 saturated heterocycles. The van der Waals surface area contributed by atoms with Gasteiger partial charge in [0.05, 0.1) is 18.4 Å². The van der Waals surface area contributed by atoms with Crippen molar-refractivity contribution in [3.05, 3.63) is 58.2 Å². The highest BCUT2D eigenvalue weighted by Gasteiger charge is 2.14. The number of ether oxygens (including phenoxy) is 1. The lowest BCUT2D eigenvalue weighted by Gasteiger charge is -2.07. The van der Waals surface area contributed by atoms with Gasteiger partial charge < -0.3 is 14.5 Å². The Morgan fingerprint density at radius 1 is 1.33 bits per heavy atom. The molecule has 0 saturated carbocycles. The molecule has 21 heavy (non-hydrogen) atoms. The molecule has 5 nitrogen and oxygen atoms in total. The molecule has 0 aliphatic carbocycles. The molecular formula is C14H11BrFNO4. The van der Waals surface area contributed by atoms with E-state index in [4.69, 9.17) is 9.15 Å². The van der Waals surface area contributed by atoms with Crippen LogP contribution >= 0.6 is 15.9 Å². The number of amides is 1. The van der Waals surface area contributed by atoms with Crippen LogP contribution in [0.3, 0.4) is 0 Å². The zero-order valence-corrected chi connectivity index (χ0v) is 12.4. The number of hydrogen-bond acceptors (Lipinski definition) is 4. The number of carbonyl (C=O) groups excluding carboxylic acids is 2.